The normalized spacial score (nSPS) is 27.9. The highest BCUT2D eigenvalue weighted by Crippen LogP contribution is 2.25. The van der Waals surface area contributed by atoms with E-state index < -0.39 is 24.9 Å². The molecule has 2 unspecified atom stereocenters. The Balaban J connectivity index is 1.55. The maximum atomic E-state index is 13.2. The number of alkyl halides is 2. The van der Waals surface area contributed by atoms with Gasteiger partial charge in [0.25, 0.3) is 5.92 Å². The van der Waals surface area contributed by atoms with Gasteiger partial charge in [0.05, 0.1) is 24.5 Å². The van der Waals surface area contributed by atoms with Crippen molar-refractivity contribution in [2.75, 3.05) is 24.5 Å². The standard InChI is InChI=1S/C14H21F2N5O/c1-20-8-11(6-18-20)21-4-2-3-10(7-21)19-13(22)12-5-14(15,16)9-17-12/h6,8,10,12,17H,2-5,7,9H2,1H3,(H,19,22). The molecule has 3 rings (SSSR count). The molecule has 2 aliphatic heterocycles. The van der Waals surface area contributed by atoms with Crippen molar-refractivity contribution in [3.8, 4) is 0 Å². The molecule has 2 fully saturated rings. The van der Waals surface area contributed by atoms with Gasteiger partial charge < -0.3 is 10.2 Å². The minimum absolute atomic E-state index is 0.0162. The van der Waals surface area contributed by atoms with Crippen molar-refractivity contribution in [2.24, 2.45) is 7.05 Å². The Kier molecular flexibility index (Phi) is 4.03. The first-order chi connectivity index (χ1) is 10.4. The summed E-state index contributed by atoms with van der Waals surface area (Å²) in [5, 5.41) is 9.65. The van der Waals surface area contributed by atoms with E-state index in [1.54, 1.807) is 10.9 Å². The number of anilines is 1. The van der Waals surface area contributed by atoms with E-state index in [9.17, 15) is 13.6 Å². The molecule has 122 valence electrons. The number of halogens is 2. The lowest BCUT2D eigenvalue weighted by atomic mass is 10.0. The summed E-state index contributed by atoms with van der Waals surface area (Å²) in [6, 6.07) is -0.804. The number of nitrogens with one attached hydrogen (secondary N) is 2. The van der Waals surface area contributed by atoms with E-state index >= 15 is 0 Å². The van der Waals surface area contributed by atoms with Gasteiger partial charge in [0.15, 0.2) is 0 Å². The zero-order chi connectivity index (χ0) is 15.7. The van der Waals surface area contributed by atoms with Crippen LogP contribution in [0.4, 0.5) is 14.5 Å². The van der Waals surface area contributed by atoms with Crippen molar-refractivity contribution in [3.05, 3.63) is 12.4 Å². The van der Waals surface area contributed by atoms with Crippen LogP contribution in [0, 0.1) is 0 Å². The zero-order valence-corrected chi connectivity index (χ0v) is 12.6. The molecule has 22 heavy (non-hydrogen) atoms. The monoisotopic (exact) mass is 313 g/mol. The van der Waals surface area contributed by atoms with Crippen molar-refractivity contribution in [1.29, 1.82) is 0 Å². The van der Waals surface area contributed by atoms with Crippen LogP contribution in [0.25, 0.3) is 0 Å². The SMILES string of the molecule is Cn1cc(N2CCCC(NC(=O)C3CC(F)(F)CN3)C2)cn1. The number of aromatic nitrogens is 2. The molecule has 2 aliphatic rings. The first kappa shape index (κ1) is 15.2. The molecule has 0 aromatic carbocycles. The molecule has 1 aromatic heterocycles. The number of nitrogens with zero attached hydrogens (tertiary/aromatic N) is 3. The lowest BCUT2D eigenvalue weighted by molar-refractivity contribution is -0.124. The molecule has 3 heterocycles. The third kappa shape index (κ3) is 3.37. The summed E-state index contributed by atoms with van der Waals surface area (Å²) in [5.41, 5.74) is 1.02. The number of aryl methyl sites for hydroxylation is 1. The fourth-order valence-electron chi connectivity index (χ4n) is 3.10. The molecule has 0 aliphatic carbocycles. The Morgan fingerprint density at radius 2 is 2.36 bits per heavy atom. The highest BCUT2D eigenvalue weighted by atomic mass is 19.3. The van der Waals surface area contributed by atoms with Gasteiger partial charge >= 0.3 is 0 Å². The van der Waals surface area contributed by atoms with Gasteiger partial charge in [-0.25, -0.2) is 8.78 Å². The van der Waals surface area contributed by atoms with Crippen molar-refractivity contribution < 1.29 is 13.6 Å². The van der Waals surface area contributed by atoms with E-state index in [4.69, 9.17) is 0 Å². The van der Waals surface area contributed by atoms with E-state index in [0.717, 1.165) is 25.1 Å². The Morgan fingerprint density at radius 1 is 1.55 bits per heavy atom. The number of rotatable bonds is 3. The number of amides is 1. The van der Waals surface area contributed by atoms with E-state index in [2.05, 4.69) is 20.6 Å². The third-order valence-corrected chi connectivity index (χ3v) is 4.25. The zero-order valence-electron chi connectivity index (χ0n) is 12.6. The lowest BCUT2D eigenvalue weighted by Gasteiger charge is -2.34. The molecule has 2 atom stereocenters. The van der Waals surface area contributed by atoms with Crippen LogP contribution in [0.1, 0.15) is 19.3 Å². The van der Waals surface area contributed by atoms with Crippen molar-refractivity contribution in [3.63, 3.8) is 0 Å². The molecule has 1 amide bonds. The van der Waals surface area contributed by atoms with Crippen LogP contribution in [-0.2, 0) is 11.8 Å². The predicted octanol–water partition coefficient (Wildman–Crippen LogP) is 0.502. The molecular formula is C14H21F2N5O. The van der Waals surface area contributed by atoms with Crippen LogP contribution >= 0.6 is 0 Å². The Hall–Kier alpha value is -1.70. The maximum absolute atomic E-state index is 13.2. The molecule has 0 bridgehead atoms. The van der Waals surface area contributed by atoms with Crippen molar-refractivity contribution in [1.82, 2.24) is 20.4 Å². The van der Waals surface area contributed by atoms with Crippen molar-refractivity contribution >= 4 is 11.6 Å². The van der Waals surface area contributed by atoms with Gasteiger partial charge in [-0.1, -0.05) is 0 Å². The Bertz CT molecular complexity index is 547. The predicted molar refractivity (Wildman–Crippen MR) is 77.9 cm³/mol. The molecule has 1 aromatic rings. The van der Waals surface area contributed by atoms with Gasteiger partial charge in [0, 0.05) is 38.8 Å². The lowest BCUT2D eigenvalue weighted by Crippen LogP contribution is -2.51. The average molecular weight is 313 g/mol. The first-order valence-electron chi connectivity index (χ1n) is 7.58. The molecule has 0 radical (unpaired) electrons. The van der Waals surface area contributed by atoms with Gasteiger partial charge in [0.2, 0.25) is 5.91 Å². The summed E-state index contributed by atoms with van der Waals surface area (Å²) in [4.78, 5) is 14.3. The van der Waals surface area contributed by atoms with Gasteiger partial charge in [0.1, 0.15) is 0 Å². The topological polar surface area (TPSA) is 62.2 Å². The molecular weight excluding hydrogens is 292 g/mol. The van der Waals surface area contributed by atoms with Crippen LogP contribution in [0.3, 0.4) is 0 Å². The highest BCUT2D eigenvalue weighted by Gasteiger charge is 2.42. The summed E-state index contributed by atoms with van der Waals surface area (Å²) in [7, 11) is 1.86. The van der Waals surface area contributed by atoms with Gasteiger partial charge in [-0.15, -0.1) is 0 Å². The molecule has 0 saturated carbocycles. The molecule has 2 N–H and O–H groups in total. The summed E-state index contributed by atoms with van der Waals surface area (Å²) >= 11 is 0. The minimum atomic E-state index is -2.78. The molecule has 8 heteroatoms. The summed E-state index contributed by atoms with van der Waals surface area (Å²) in [5.74, 6) is -3.11. The van der Waals surface area contributed by atoms with E-state index in [1.807, 2.05) is 13.2 Å². The van der Waals surface area contributed by atoms with Gasteiger partial charge in [-0.3, -0.25) is 14.8 Å². The fourth-order valence-corrected chi connectivity index (χ4v) is 3.10. The van der Waals surface area contributed by atoms with Crippen LogP contribution in [0.15, 0.2) is 12.4 Å². The van der Waals surface area contributed by atoms with Crippen LogP contribution < -0.4 is 15.5 Å². The third-order valence-electron chi connectivity index (χ3n) is 4.25. The minimum Gasteiger partial charge on any atom is -0.367 e. The van der Waals surface area contributed by atoms with Crippen LogP contribution in [0.5, 0.6) is 0 Å². The van der Waals surface area contributed by atoms with E-state index in [0.29, 0.717) is 6.54 Å². The number of hydrogen-bond acceptors (Lipinski definition) is 4. The second-order valence-corrected chi connectivity index (χ2v) is 6.16. The first-order valence-corrected chi connectivity index (χ1v) is 7.58. The van der Waals surface area contributed by atoms with E-state index in [-0.39, 0.29) is 11.9 Å². The van der Waals surface area contributed by atoms with E-state index in [1.165, 1.54) is 0 Å². The molecule has 6 nitrogen and oxygen atoms in total. The second-order valence-electron chi connectivity index (χ2n) is 6.16. The fraction of sp³-hybridized carbons (Fsp3) is 0.714. The summed E-state index contributed by atoms with van der Waals surface area (Å²) < 4.78 is 28.1. The number of piperidine rings is 1. The Morgan fingerprint density at radius 3 is 3.00 bits per heavy atom. The second kappa shape index (κ2) is 5.83. The number of carbonyl (C=O) groups excluding carboxylic acids is 1. The molecule has 0 spiro atoms. The van der Waals surface area contributed by atoms with Gasteiger partial charge in [-0.2, -0.15) is 5.10 Å². The highest BCUT2D eigenvalue weighted by molar-refractivity contribution is 5.82. The quantitative estimate of drug-likeness (QED) is 0.853. The average Bonchev–Trinajstić information content (AvgIpc) is 3.05. The summed E-state index contributed by atoms with van der Waals surface area (Å²) in [6.07, 6.45) is 5.13. The van der Waals surface area contributed by atoms with Crippen molar-refractivity contribution in [2.45, 2.75) is 37.3 Å². The largest absolute Gasteiger partial charge is 0.367 e. The van der Waals surface area contributed by atoms with Crippen LogP contribution in [0.2, 0.25) is 0 Å². The van der Waals surface area contributed by atoms with Gasteiger partial charge in [-0.05, 0) is 12.8 Å². The summed E-state index contributed by atoms with van der Waals surface area (Å²) in [6.45, 7) is 1.18. The van der Waals surface area contributed by atoms with Crippen LogP contribution in [-0.4, -0.2) is 53.3 Å². The smallest absolute Gasteiger partial charge is 0.262 e. The Labute approximate surface area is 127 Å². The number of carbonyl (C=O) groups is 1. The number of hydrogen-bond donors (Lipinski definition) is 2. The maximum Gasteiger partial charge on any atom is 0.262 e. The molecule has 2 saturated heterocycles.